The van der Waals surface area contributed by atoms with Crippen molar-refractivity contribution in [2.75, 3.05) is 13.1 Å². The normalized spacial score (nSPS) is 24.1. The number of pyridine rings is 1. The van der Waals surface area contributed by atoms with Gasteiger partial charge in [-0.1, -0.05) is 31.1 Å². The van der Waals surface area contributed by atoms with E-state index in [1.165, 1.54) is 5.57 Å². The molecule has 3 aromatic rings. The van der Waals surface area contributed by atoms with Crippen LogP contribution in [0.3, 0.4) is 0 Å². The predicted octanol–water partition coefficient (Wildman–Crippen LogP) is 4.70. The number of amides is 2. The number of aromatic nitrogens is 5. The van der Waals surface area contributed by atoms with Crippen molar-refractivity contribution in [2.45, 2.75) is 64.2 Å². The molecule has 200 valence electrons. The third-order valence-electron chi connectivity index (χ3n) is 7.80. The van der Waals surface area contributed by atoms with Crippen LogP contribution >= 0.6 is 0 Å². The lowest BCUT2D eigenvalue weighted by molar-refractivity contribution is -0.111. The van der Waals surface area contributed by atoms with E-state index in [0.29, 0.717) is 24.7 Å². The molecule has 0 aromatic carbocycles. The second-order valence-corrected chi connectivity index (χ2v) is 11.9. The molecule has 1 aliphatic heterocycles. The number of urea groups is 1. The lowest BCUT2D eigenvalue weighted by Gasteiger charge is -2.43. The summed E-state index contributed by atoms with van der Waals surface area (Å²) in [7, 11) is 1.90. The molecule has 2 fully saturated rings. The summed E-state index contributed by atoms with van der Waals surface area (Å²) >= 11 is 0. The smallest absolute Gasteiger partial charge is 0.317 e. The molecular formula is C29H37N7O2. The Morgan fingerprint density at radius 1 is 1.21 bits per heavy atom. The molecular weight excluding hydrogens is 478 g/mol. The van der Waals surface area contributed by atoms with Gasteiger partial charge >= 0.3 is 6.03 Å². The Balaban J connectivity index is 1.18. The molecule has 9 heteroatoms. The quantitative estimate of drug-likeness (QED) is 0.525. The molecule has 2 N–H and O–H groups in total. The van der Waals surface area contributed by atoms with Crippen LogP contribution in [0, 0.1) is 11.8 Å². The second-order valence-electron chi connectivity index (χ2n) is 11.9. The van der Waals surface area contributed by atoms with E-state index >= 15 is 0 Å². The van der Waals surface area contributed by atoms with Crippen molar-refractivity contribution in [1.82, 2.24) is 34.9 Å². The van der Waals surface area contributed by atoms with Gasteiger partial charge in [0.05, 0.1) is 42.1 Å². The van der Waals surface area contributed by atoms with Gasteiger partial charge in [0.1, 0.15) is 5.82 Å². The summed E-state index contributed by atoms with van der Waals surface area (Å²) < 4.78 is 7.77. The zero-order chi connectivity index (χ0) is 26.4. The molecule has 0 bridgehead atoms. The van der Waals surface area contributed by atoms with E-state index in [2.05, 4.69) is 65.4 Å². The molecule has 6 rings (SSSR count). The highest BCUT2D eigenvalue weighted by atomic mass is 16.5. The number of nitrogens with zero attached hydrogens (tertiary/aromatic N) is 5. The van der Waals surface area contributed by atoms with Crippen LogP contribution in [0.4, 0.5) is 4.79 Å². The number of allylic oxidation sites excluding steroid dienone is 3. The summed E-state index contributed by atoms with van der Waals surface area (Å²) in [6, 6.07) is 2.22. The van der Waals surface area contributed by atoms with E-state index in [1.54, 1.807) is 10.9 Å². The number of imidazole rings is 1. The van der Waals surface area contributed by atoms with Gasteiger partial charge in [-0.05, 0) is 51.2 Å². The highest BCUT2D eigenvalue weighted by Crippen LogP contribution is 2.38. The van der Waals surface area contributed by atoms with Crippen molar-refractivity contribution >= 4 is 22.8 Å². The van der Waals surface area contributed by atoms with Crippen molar-refractivity contribution in [3.05, 3.63) is 48.4 Å². The molecule has 2 amide bonds. The number of carbonyl (C=O) groups is 1. The summed E-state index contributed by atoms with van der Waals surface area (Å²) in [5.41, 5.74) is 4.66. The third-order valence-corrected chi connectivity index (χ3v) is 7.80. The van der Waals surface area contributed by atoms with E-state index in [0.717, 1.165) is 48.2 Å². The molecule has 3 aromatic heterocycles. The molecule has 0 radical (unpaired) electrons. The van der Waals surface area contributed by atoms with Crippen LogP contribution in [0.1, 0.15) is 52.0 Å². The Kier molecular flexibility index (Phi) is 6.34. The number of rotatable bonds is 4. The minimum atomic E-state index is -0.185. The maximum atomic E-state index is 13.0. The monoisotopic (exact) mass is 515 g/mol. The molecule has 4 heterocycles. The van der Waals surface area contributed by atoms with Crippen LogP contribution in [0.15, 0.2) is 42.9 Å². The second kappa shape index (κ2) is 9.69. The number of H-pyrrole nitrogens is 1. The van der Waals surface area contributed by atoms with Gasteiger partial charge in [-0.2, -0.15) is 5.10 Å². The molecule has 9 nitrogen and oxygen atoms in total. The van der Waals surface area contributed by atoms with Crippen LogP contribution in [0.5, 0.6) is 0 Å². The molecule has 2 unspecified atom stereocenters. The fourth-order valence-electron chi connectivity index (χ4n) is 6.01. The van der Waals surface area contributed by atoms with Crippen LogP contribution < -0.4 is 5.32 Å². The van der Waals surface area contributed by atoms with Crippen molar-refractivity contribution in [1.29, 1.82) is 0 Å². The topological polar surface area (TPSA) is 101 Å². The zero-order valence-corrected chi connectivity index (χ0v) is 22.6. The number of aromatic amines is 1. The first-order valence-electron chi connectivity index (χ1n) is 13.7. The molecule has 1 saturated heterocycles. The van der Waals surface area contributed by atoms with Crippen molar-refractivity contribution in [3.8, 4) is 11.4 Å². The first-order chi connectivity index (χ1) is 18.2. The fraction of sp³-hybridized carbons (Fsp3) is 0.517. The van der Waals surface area contributed by atoms with E-state index < -0.39 is 0 Å². The molecule has 38 heavy (non-hydrogen) atoms. The van der Waals surface area contributed by atoms with Gasteiger partial charge < -0.3 is 19.9 Å². The number of likely N-dealkylation sites (tertiary alicyclic amines) is 1. The van der Waals surface area contributed by atoms with Crippen LogP contribution in [0.25, 0.3) is 28.1 Å². The first-order valence-corrected chi connectivity index (χ1v) is 13.7. The summed E-state index contributed by atoms with van der Waals surface area (Å²) in [6.07, 6.45) is 17.0. The Bertz CT molecular complexity index is 1390. The van der Waals surface area contributed by atoms with Crippen molar-refractivity contribution in [3.63, 3.8) is 0 Å². The minimum Gasteiger partial charge on any atom is -0.369 e. The van der Waals surface area contributed by atoms with Gasteiger partial charge in [0.2, 0.25) is 0 Å². The highest BCUT2D eigenvalue weighted by molar-refractivity contribution is 5.92. The Labute approximate surface area is 223 Å². The number of carbonyl (C=O) groups excluding carboxylic acids is 1. The van der Waals surface area contributed by atoms with E-state index in [9.17, 15) is 4.79 Å². The number of aryl methyl sites for hydroxylation is 1. The van der Waals surface area contributed by atoms with E-state index in [-0.39, 0.29) is 29.7 Å². The average molecular weight is 516 g/mol. The van der Waals surface area contributed by atoms with E-state index in [1.807, 2.05) is 24.3 Å². The lowest BCUT2D eigenvalue weighted by atomic mass is 9.79. The Morgan fingerprint density at radius 2 is 2.03 bits per heavy atom. The minimum absolute atomic E-state index is 0.0313. The van der Waals surface area contributed by atoms with Gasteiger partial charge in [0, 0.05) is 37.0 Å². The number of hydrogen-bond donors (Lipinski definition) is 2. The summed E-state index contributed by atoms with van der Waals surface area (Å²) in [5.74, 6) is 1.43. The van der Waals surface area contributed by atoms with Crippen molar-refractivity contribution < 1.29 is 9.53 Å². The molecule has 2 aliphatic carbocycles. The van der Waals surface area contributed by atoms with Gasteiger partial charge in [-0.25, -0.2) is 14.8 Å². The van der Waals surface area contributed by atoms with Crippen LogP contribution in [-0.2, 0) is 11.8 Å². The summed E-state index contributed by atoms with van der Waals surface area (Å²) in [4.78, 5) is 27.6. The first kappa shape index (κ1) is 24.9. The molecule has 1 saturated carbocycles. The SMILES string of the molecule is Cn1cc(-c2nc3nccc(C4=CC5CCCC[C@@H](NC(=O)N6CC(OC(C)(C)C)C6)C5C=C4)c3[nH]2)cn1. The summed E-state index contributed by atoms with van der Waals surface area (Å²) in [6.45, 7) is 7.49. The number of ether oxygens (including phenoxy) is 1. The maximum Gasteiger partial charge on any atom is 0.317 e. The highest BCUT2D eigenvalue weighted by Gasteiger charge is 2.37. The molecule has 3 atom stereocenters. The molecule has 0 spiro atoms. The van der Waals surface area contributed by atoms with Crippen LogP contribution in [-0.4, -0.2) is 66.5 Å². The number of fused-ring (bicyclic) bond motifs is 2. The zero-order valence-electron chi connectivity index (χ0n) is 22.6. The van der Waals surface area contributed by atoms with Gasteiger partial charge in [-0.3, -0.25) is 4.68 Å². The third kappa shape index (κ3) is 4.99. The number of nitrogens with one attached hydrogen (secondary N) is 2. The predicted molar refractivity (Wildman–Crippen MR) is 147 cm³/mol. The van der Waals surface area contributed by atoms with E-state index in [4.69, 9.17) is 9.72 Å². The van der Waals surface area contributed by atoms with Gasteiger partial charge in [0.15, 0.2) is 5.65 Å². The Hall–Kier alpha value is -3.46. The fourth-order valence-corrected chi connectivity index (χ4v) is 6.01. The average Bonchev–Trinajstić information content (AvgIpc) is 3.43. The molecule has 3 aliphatic rings. The van der Waals surface area contributed by atoms with Crippen molar-refractivity contribution in [2.24, 2.45) is 18.9 Å². The van der Waals surface area contributed by atoms with Gasteiger partial charge in [-0.15, -0.1) is 0 Å². The summed E-state index contributed by atoms with van der Waals surface area (Å²) in [5, 5.41) is 7.64. The maximum absolute atomic E-state index is 13.0. The van der Waals surface area contributed by atoms with Gasteiger partial charge in [0.25, 0.3) is 0 Å². The largest absolute Gasteiger partial charge is 0.369 e. The van der Waals surface area contributed by atoms with Crippen LogP contribution in [0.2, 0.25) is 0 Å². The Morgan fingerprint density at radius 3 is 2.79 bits per heavy atom. The lowest BCUT2D eigenvalue weighted by Crippen LogP contribution is -2.60. The standard InChI is InChI=1S/C29H37N7O2/c1-29(2,3)38-21-16-36(17-21)28(37)32-24-8-6-5-7-18-13-19(9-10-22(18)24)23-11-12-30-27-25(23)33-26(34-27)20-14-31-35(4)15-20/h9-15,18,21-22,24H,5-8,16-17H2,1-4H3,(H,32,37)(H,30,33,34)/t18?,22?,24-/m1/s1. The number of hydrogen-bond acceptors (Lipinski definition) is 5.